The van der Waals surface area contributed by atoms with Gasteiger partial charge in [-0.1, -0.05) is 6.92 Å². The molecule has 0 fully saturated rings. The van der Waals surface area contributed by atoms with Gasteiger partial charge in [-0.25, -0.2) is 4.68 Å². The first-order valence-electron chi connectivity index (χ1n) is 7.25. The summed E-state index contributed by atoms with van der Waals surface area (Å²) in [5.41, 5.74) is 0.814. The average molecular weight is 282 g/mol. The molecule has 1 heterocycles. The zero-order chi connectivity index (χ0) is 14.8. The second kappa shape index (κ2) is 9.50. The van der Waals surface area contributed by atoms with Crippen molar-refractivity contribution in [2.75, 3.05) is 44.8 Å². The molecule has 0 spiro atoms. The molecule has 0 aliphatic rings. The van der Waals surface area contributed by atoms with Crippen LogP contribution >= 0.6 is 0 Å². The molecule has 0 atom stereocenters. The van der Waals surface area contributed by atoms with E-state index >= 15 is 0 Å². The van der Waals surface area contributed by atoms with Crippen LogP contribution in [0.4, 0.5) is 5.69 Å². The smallest absolute Gasteiger partial charge is 0.268 e. The number of aromatic nitrogens is 2. The minimum atomic E-state index is -0.0583. The van der Waals surface area contributed by atoms with Gasteiger partial charge in [0, 0.05) is 39.4 Å². The molecule has 0 aromatic carbocycles. The van der Waals surface area contributed by atoms with Gasteiger partial charge in [0.05, 0.1) is 25.0 Å². The Bertz CT molecular complexity index is 433. The van der Waals surface area contributed by atoms with Gasteiger partial charge in [0.25, 0.3) is 5.56 Å². The van der Waals surface area contributed by atoms with Crippen LogP contribution in [-0.2, 0) is 11.3 Å². The van der Waals surface area contributed by atoms with Crippen LogP contribution in [0.3, 0.4) is 0 Å². The molecule has 6 heteroatoms. The van der Waals surface area contributed by atoms with Crippen LogP contribution in [0.15, 0.2) is 17.1 Å². The van der Waals surface area contributed by atoms with Crippen molar-refractivity contribution in [2.24, 2.45) is 0 Å². The van der Waals surface area contributed by atoms with Crippen molar-refractivity contribution in [2.45, 2.75) is 26.8 Å². The van der Waals surface area contributed by atoms with E-state index in [1.54, 1.807) is 12.3 Å². The standard InChI is InChI=1S/C14H26N4O2/c1-4-8-17(3)13-11-14(19)18(16-12-13)9-6-15-7-10-20-5-2/h11-12,15H,4-10H2,1-3H3. The molecule has 0 amide bonds. The van der Waals surface area contributed by atoms with Gasteiger partial charge in [0.15, 0.2) is 0 Å². The molecular formula is C14H26N4O2. The fourth-order valence-electron chi connectivity index (χ4n) is 1.86. The number of ether oxygens (including phenoxy) is 1. The highest BCUT2D eigenvalue weighted by Crippen LogP contribution is 2.06. The molecule has 20 heavy (non-hydrogen) atoms. The van der Waals surface area contributed by atoms with Gasteiger partial charge in [0.2, 0.25) is 0 Å². The largest absolute Gasteiger partial charge is 0.380 e. The first-order valence-corrected chi connectivity index (χ1v) is 7.25. The summed E-state index contributed by atoms with van der Waals surface area (Å²) in [6.07, 6.45) is 2.79. The van der Waals surface area contributed by atoms with Gasteiger partial charge in [-0.05, 0) is 13.3 Å². The molecule has 0 saturated heterocycles. The number of rotatable bonds is 10. The van der Waals surface area contributed by atoms with Crippen LogP contribution in [0.5, 0.6) is 0 Å². The Balaban J connectivity index is 2.42. The molecular weight excluding hydrogens is 256 g/mol. The van der Waals surface area contributed by atoms with Crippen LogP contribution in [0.25, 0.3) is 0 Å². The molecule has 1 aromatic rings. The monoisotopic (exact) mass is 282 g/mol. The third-order valence-electron chi connectivity index (χ3n) is 2.98. The summed E-state index contributed by atoms with van der Waals surface area (Å²) in [5, 5.41) is 7.43. The lowest BCUT2D eigenvalue weighted by atomic mass is 10.3. The Morgan fingerprint density at radius 2 is 2.20 bits per heavy atom. The minimum Gasteiger partial charge on any atom is -0.380 e. The third kappa shape index (κ3) is 5.71. The van der Waals surface area contributed by atoms with E-state index in [1.807, 2.05) is 18.9 Å². The number of nitrogens with one attached hydrogen (secondary N) is 1. The lowest BCUT2D eigenvalue weighted by molar-refractivity contribution is 0.149. The van der Waals surface area contributed by atoms with E-state index in [-0.39, 0.29) is 5.56 Å². The predicted octanol–water partition coefficient (Wildman–Crippen LogP) is 0.716. The summed E-state index contributed by atoms with van der Waals surface area (Å²) in [5.74, 6) is 0. The molecule has 0 radical (unpaired) electrons. The van der Waals surface area contributed by atoms with Crippen molar-refractivity contribution in [3.63, 3.8) is 0 Å². The molecule has 1 aromatic heterocycles. The van der Waals surface area contributed by atoms with Gasteiger partial charge in [0.1, 0.15) is 0 Å². The molecule has 0 aliphatic carbocycles. The zero-order valence-electron chi connectivity index (χ0n) is 12.8. The number of hydrogen-bond acceptors (Lipinski definition) is 5. The second-order valence-electron chi connectivity index (χ2n) is 4.64. The van der Waals surface area contributed by atoms with Crippen LogP contribution in [-0.4, -0.2) is 49.7 Å². The highest BCUT2D eigenvalue weighted by molar-refractivity contribution is 5.41. The van der Waals surface area contributed by atoms with E-state index in [4.69, 9.17) is 4.74 Å². The van der Waals surface area contributed by atoms with Crippen LogP contribution in [0.1, 0.15) is 20.3 Å². The summed E-state index contributed by atoms with van der Waals surface area (Å²) in [4.78, 5) is 14.0. The molecule has 1 N–H and O–H groups in total. The molecule has 6 nitrogen and oxygen atoms in total. The summed E-state index contributed by atoms with van der Waals surface area (Å²) in [6, 6.07) is 1.64. The Morgan fingerprint density at radius 3 is 2.85 bits per heavy atom. The Morgan fingerprint density at radius 1 is 1.40 bits per heavy atom. The summed E-state index contributed by atoms with van der Waals surface area (Å²) >= 11 is 0. The van der Waals surface area contributed by atoms with Gasteiger partial charge in [-0.15, -0.1) is 0 Å². The molecule has 0 aliphatic heterocycles. The zero-order valence-corrected chi connectivity index (χ0v) is 12.8. The molecule has 1 rings (SSSR count). The molecule has 114 valence electrons. The van der Waals surface area contributed by atoms with Crippen LogP contribution in [0.2, 0.25) is 0 Å². The van der Waals surface area contributed by atoms with Gasteiger partial charge >= 0.3 is 0 Å². The maximum Gasteiger partial charge on any atom is 0.268 e. The van der Waals surface area contributed by atoms with Crippen molar-refractivity contribution >= 4 is 5.69 Å². The second-order valence-corrected chi connectivity index (χ2v) is 4.64. The van der Waals surface area contributed by atoms with Crippen LogP contribution < -0.4 is 15.8 Å². The number of hydrogen-bond donors (Lipinski definition) is 1. The van der Waals surface area contributed by atoms with Crippen LogP contribution in [0, 0.1) is 0 Å². The highest BCUT2D eigenvalue weighted by Gasteiger charge is 2.03. The maximum atomic E-state index is 11.9. The van der Waals surface area contributed by atoms with E-state index in [2.05, 4.69) is 17.3 Å². The van der Waals surface area contributed by atoms with E-state index in [0.29, 0.717) is 19.7 Å². The van der Waals surface area contributed by atoms with E-state index < -0.39 is 0 Å². The molecule has 0 unspecified atom stereocenters. The van der Waals surface area contributed by atoms with Crippen molar-refractivity contribution in [3.8, 4) is 0 Å². The Kier molecular flexibility index (Phi) is 7.91. The maximum absolute atomic E-state index is 11.9. The normalized spacial score (nSPS) is 10.8. The van der Waals surface area contributed by atoms with E-state index in [0.717, 1.165) is 31.8 Å². The fraction of sp³-hybridized carbons (Fsp3) is 0.714. The van der Waals surface area contributed by atoms with Crippen molar-refractivity contribution < 1.29 is 4.74 Å². The quantitative estimate of drug-likeness (QED) is 0.641. The van der Waals surface area contributed by atoms with Crippen molar-refractivity contribution in [3.05, 3.63) is 22.6 Å². The van der Waals surface area contributed by atoms with E-state index in [9.17, 15) is 4.79 Å². The average Bonchev–Trinajstić information content (AvgIpc) is 2.44. The topological polar surface area (TPSA) is 59.4 Å². The highest BCUT2D eigenvalue weighted by atomic mass is 16.5. The van der Waals surface area contributed by atoms with E-state index in [1.165, 1.54) is 4.68 Å². The van der Waals surface area contributed by atoms with Crippen molar-refractivity contribution in [1.82, 2.24) is 15.1 Å². The fourth-order valence-corrected chi connectivity index (χ4v) is 1.86. The molecule has 0 bridgehead atoms. The third-order valence-corrected chi connectivity index (χ3v) is 2.98. The summed E-state index contributed by atoms with van der Waals surface area (Å²) in [6.45, 7) is 8.51. The van der Waals surface area contributed by atoms with Gasteiger partial charge < -0.3 is 15.0 Å². The Hall–Kier alpha value is -1.40. The first kappa shape index (κ1) is 16.7. The predicted molar refractivity (Wildman–Crippen MR) is 81.4 cm³/mol. The lowest BCUT2D eigenvalue weighted by Gasteiger charge is -2.17. The lowest BCUT2D eigenvalue weighted by Crippen LogP contribution is -2.31. The first-order chi connectivity index (χ1) is 9.69. The Labute approximate surface area is 120 Å². The van der Waals surface area contributed by atoms with Gasteiger partial charge in [-0.3, -0.25) is 4.79 Å². The SMILES string of the molecule is CCCN(C)c1cnn(CCNCCOCC)c(=O)c1. The summed E-state index contributed by atoms with van der Waals surface area (Å²) < 4.78 is 6.71. The molecule has 0 saturated carbocycles. The van der Waals surface area contributed by atoms with Crippen molar-refractivity contribution in [1.29, 1.82) is 0 Å². The van der Waals surface area contributed by atoms with Gasteiger partial charge in [-0.2, -0.15) is 5.10 Å². The number of nitrogens with zero attached hydrogens (tertiary/aromatic N) is 3. The summed E-state index contributed by atoms with van der Waals surface area (Å²) in [7, 11) is 1.97. The number of anilines is 1. The minimum absolute atomic E-state index is 0.0583.